The predicted octanol–water partition coefficient (Wildman–Crippen LogP) is 2.89. The van der Waals surface area contributed by atoms with Crippen molar-refractivity contribution in [2.45, 2.75) is 27.3 Å². The molecule has 0 saturated heterocycles. The molecule has 1 aromatic rings. The van der Waals surface area contributed by atoms with Crippen LogP contribution >= 0.6 is 0 Å². The van der Waals surface area contributed by atoms with Crippen molar-refractivity contribution >= 4 is 0 Å². The van der Waals surface area contributed by atoms with Gasteiger partial charge in [0.15, 0.2) is 0 Å². The molecular formula is C17H27N3. The first kappa shape index (κ1) is 16.7. The molecule has 0 fully saturated rings. The number of rotatable bonds is 7. The van der Waals surface area contributed by atoms with Crippen LogP contribution in [0.2, 0.25) is 0 Å². The van der Waals surface area contributed by atoms with Crippen LogP contribution in [0.5, 0.6) is 0 Å². The van der Waals surface area contributed by atoms with E-state index < -0.39 is 0 Å². The van der Waals surface area contributed by atoms with Crippen LogP contribution in [-0.4, -0.2) is 43.5 Å². The Kier molecular flexibility index (Phi) is 6.70. The van der Waals surface area contributed by atoms with Crippen LogP contribution in [0.3, 0.4) is 0 Å². The molecular weight excluding hydrogens is 246 g/mol. The lowest BCUT2D eigenvalue weighted by molar-refractivity contribution is 0.211. The molecule has 1 rings (SSSR count). The maximum atomic E-state index is 8.93. The SMILES string of the molecule is Cc1cc(C#N)ccc1CN(CCN(C)C)CC(C)C. The molecule has 0 atom stereocenters. The lowest BCUT2D eigenvalue weighted by Gasteiger charge is -2.26. The zero-order valence-corrected chi connectivity index (χ0v) is 13.5. The van der Waals surface area contributed by atoms with E-state index in [4.69, 9.17) is 5.26 Å². The smallest absolute Gasteiger partial charge is 0.0991 e. The average molecular weight is 273 g/mol. The van der Waals surface area contributed by atoms with Gasteiger partial charge in [-0.1, -0.05) is 19.9 Å². The van der Waals surface area contributed by atoms with Crippen LogP contribution in [0, 0.1) is 24.2 Å². The minimum atomic E-state index is 0.663. The fourth-order valence-corrected chi connectivity index (χ4v) is 2.28. The van der Waals surface area contributed by atoms with Gasteiger partial charge in [-0.15, -0.1) is 0 Å². The van der Waals surface area contributed by atoms with E-state index >= 15 is 0 Å². The molecule has 0 heterocycles. The number of aryl methyl sites for hydroxylation is 1. The Bertz CT molecular complexity index is 458. The highest BCUT2D eigenvalue weighted by molar-refractivity contribution is 5.37. The molecule has 20 heavy (non-hydrogen) atoms. The molecule has 0 spiro atoms. The molecule has 110 valence electrons. The van der Waals surface area contributed by atoms with Gasteiger partial charge in [-0.05, 0) is 50.2 Å². The summed E-state index contributed by atoms with van der Waals surface area (Å²) in [5.74, 6) is 0.663. The third-order valence-electron chi connectivity index (χ3n) is 3.35. The second-order valence-electron chi connectivity index (χ2n) is 6.19. The lowest BCUT2D eigenvalue weighted by Crippen LogP contribution is -2.34. The summed E-state index contributed by atoms with van der Waals surface area (Å²) in [5.41, 5.74) is 3.28. The van der Waals surface area contributed by atoms with Gasteiger partial charge in [0.1, 0.15) is 0 Å². The van der Waals surface area contributed by atoms with Crippen molar-refractivity contribution in [1.29, 1.82) is 5.26 Å². The summed E-state index contributed by atoms with van der Waals surface area (Å²) in [7, 11) is 4.22. The molecule has 0 aromatic heterocycles. The Hall–Kier alpha value is -1.37. The van der Waals surface area contributed by atoms with Gasteiger partial charge < -0.3 is 4.90 Å². The minimum absolute atomic E-state index is 0.663. The maximum absolute atomic E-state index is 8.93. The number of nitrogens with zero attached hydrogens (tertiary/aromatic N) is 3. The number of nitriles is 1. The van der Waals surface area contributed by atoms with Gasteiger partial charge in [0.05, 0.1) is 11.6 Å². The molecule has 0 aliphatic heterocycles. The largest absolute Gasteiger partial charge is 0.308 e. The van der Waals surface area contributed by atoms with E-state index in [0.717, 1.165) is 31.7 Å². The Morgan fingerprint density at radius 1 is 1.20 bits per heavy atom. The average Bonchev–Trinajstić information content (AvgIpc) is 2.37. The number of hydrogen-bond donors (Lipinski definition) is 0. The molecule has 0 amide bonds. The first-order valence-corrected chi connectivity index (χ1v) is 7.29. The molecule has 0 unspecified atom stereocenters. The van der Waals surface area contributed by atoms with Crippen LogP contribution in [0.25, 0.3) is 0 Å². The maximum Gasteiger partial charge on any atom is 0.0991 e. The number of benzene rings is 1. The Balaban J connectivity index is 2.75. The Labute approximate surface area is 123 Å². The van der Waals surface area contributed by atoms with E-state index in [9.17, 15) is 0 Å². The third-order valence-corrected chi connectivity index (χ3v) is 3.35. The Morgan fingerprint density at radius 2 is 1.90 bits per heavy atom. The van der Waals surface area contributed by atoms with Crippen molar-refractivity contribution in [2.75, 3.05) is 33.7 Å². The molecule has 3 nitrogen and oxygen atoms in total. The standard InChI is InChI=1S/C17H27N3/c1-14(2)12-20(9-8-19(4)5)13-17-7-6-16(11-18)10-15(17)3/h6-7,10,14H,8-9,12-13H2,1-5H3. The highest BCUT2D eigenvalue weighted by Crippen LogP contribution is 2.14. The molecule has 0 aliphatic rings. The van der Waals surface area contributed by atoms with Crippen LogP contribution in [0.1, 0.15) is 30.5 Å². The van der Waals surface area contributed by atoms with Gasteiger partial charge in [-0.25, -0.2) is 0 Å². The predicted molar refractivity (Wildman–Crippen MR) is 84.6 cm³/mol. The first-order valence-electron chi connectivity index (χ1n) is 7.29. The molecule has 3 heteroatoms. The van der Waals surface area contributed by atoms with E-state index in [1.54, 1.807) is 0 Å². The van der Waals surface area contributed by atoms with Gasteiger partial charge in [-0.2, -0.15) is 5.26 Å². The number of likely N-dealkylation sites (N-methyl/N-ethyl adjacent to an activating group) is 1. The van der Waals surface area contributed by atoms with E-state index in [1.165, 1.54) is 11.1 Å². The van der Waals surface area contributed by atoms with Gasteiger partial charge in [0.2, 0.25) is 0 Å². The lowest BCUT2D eigenvalue weighted by atomic mass is 10.0. The van der Waals surface area contributed by atoms with Crippen molar-refractivity contribution < 1.29 is 0 Å². The van der Waals surface area contributed by atoms with Crippen molar-refractivity contribution in [3.05, 3.63) is 34.9 Å². The van der Waals surface area contributed by atoms with E-state index in [1.807, 2.05) is 12.1 Å². The van der Waals surface area contributed by atoms with Gasteiger partial charge in [0, 0.05) is 26.2 Å². The van der Waals surface area contributed by atoms with Crippen LogP contribution in [-0.2, 0) is 6.54 Å². The molecule has 0 aliphatic carbocycles. The van der Waals surface area contributed by atoms with Gasteiger partial charge in [-0.3, -0.25) is 4.90 Å². The van der Waals surface area contributed by atoms with Crippen LogP contribution in [0.15, 0.2) is 18.2 Å². The fourth-order valence-electron chi connectivity index (χ4n) is 2.28. The quantitative estimate of drug-likeness (QED) is 0.765. The number of hydrogen-bond acceptors (Lipinski definition) is 3. The van der Waals surface area contributed by atoms with Crippen molar-refractivity contribution in [1.82, 2.24) is 9.80 Å². The molecule has 0 bridgehead atoms. The molecule has 0 saturated carbocycles. The third kappa shape index (κ3) is 5.73. The monoisotopic (exact) mass is 273 g/mol. The highest BCUT2D eigenvalue weighted by Gasteiger charge is 2.10. The normalized spacial score (nSPS) is 11.3. The van der Waals surface area contributed by atoms with Gasteiger partial charge in [0.25, 0.3) is 0 Å². The summed E-state index contributed by atoms with van der Waals surface area (Å²) < 4.78 is 0. The van der Waals surface area contributed by atoms with Crippen molar-refractivity contribution in [3.8, 4) is 6.07 Å². The second kappa shape index (κ2) is 8.04. The van der Waals surface area contributed by atoms with Crippen molar-refractivity contribution in [3.63, 3.8) is 0 Å². The summed E-state index contributed by atoms with van der Waals surface area (Å²) in [4.78, 5) is 4.72. The van der Waals surface area contributed by atoms with E-state index in [-0.39, 0.29) is 0 Å². The van der Waals surface area contributed by atoms with E-state index in [2.05, 4.69) is 56.8 Å². The first-order chi connectivity index (χ1) is 9.42. The van der Waals surface area contributed by atoms with E-state index in [0.29, 0.717) is 5.92 Å². The molecule has 1 aromatic carbocycles. The van der Waals surface area contributed by atoms with Gasteiger partial charge >= 0.3 is 0 Å². The second-order valence-corrected chi connectivity index (χ2v) is 6.19. The summed E-state index contributed by atoms with van der Waals surface area (Å²) in [6.45, 7) is 10.8. The highest BCUT2D eigenvalue weighted by atomic mass is 15.2. The van der Waals surface area contributed by atoms with Crippen LogP contribution < -0.4 is 0 Å². The zero-order valence-electron chi connectivity index (χ0n) is 13.5. The summed E-state index contributed by atoms with van der Waals surface area (Å²) in [6.07, 6.45) is 0. The summed E-state index contributed by atoms with van der Waals surface area (Å²) >= 11 is 0. The Morgan fingerprint density at radius 3 is 2.40 bits per heavy atom. The van der Waals surface area contributed by atoms with Crippen LogP contribution in [0.4, 0.5) is 0 Å². The topological polar surface area (TPSA) is 30.3 Å². The van der Waals surface area contributed by atoms with Crippen molar-refractivity contribution in [2.24, 2.45) is 5.92 Å². The summed E-state index contributed by atoms with van der Waals surface area (Å²) in [5, 5.41) is 8.93. The molecule has 0 N–H and O–H groups in total. The minimum Gasteiger partial charge on any atom is -0.308 e. The molecule has 0 radical (unpaired) electrons. The zero-order chi connectivity index (χ0) is 15.1. The fraction of sp³-hybridized carbons (Fsp3) is 0.588. The summed E-state index contributed by atoms with van der Waals surface area (Å²) in [6, 6.07) is 8.19.